The lowest BCUT2D eigenvalue weighted by molar-refractivity contribution is -0.149. The Kier molecular flexibility index (Phi) is 6.61. The van der Waals surface area contributed by atoms with Crippen molar-refractivity contribution in [2.24, 2.45) is 0 Å². The smallest absolute Gasteiger partial charge is 0.336 e. The SMILES string of the molecule is [C-]#[N+]/C(=C\c1c(-c2ccc(C)cc2)c2c(N)ncnc2n1CCCO)C(=O)OC(C)(C)C. The molecule has 0 saturated heterocycles. The van der Waals surface area contributed by atoms with Gasteiger partial charge in [-0.15, -0.1) is 0 Å². The molecule has 3 N–H and O–H groups in total. The Morgan fingerprint density at radius 1 is 1.28 bits per heavy atom. The number of hydrogen-bond acceptors (Lipinski definition) is 6. The van der Waals surface area contributed by atoms with Crippen LogP contribution in [0.25, 0.3) is 33.1 Å². The lowest BCUT2D eigenvalue weighted by atomic mass is 10.0. The van der Waals surface area contributed by atoms with Crippen LogP contribution >= 0.6 is 0 Å². The van der Waals surface area contributed by atoms with Gasteiger partial charge in [0.05, 0.1) is 12.0 Å². The van der Waals surface area contributed by atoms with Gasteiger partial charge in [0.25, 0.3) is 5.70 Å². The first-order valence-electron chi connectivity index (χ1n) is 10.3. The number of rotatable bonds is 6. The minimum Gasteiger partial charge on any atom is -0.465 e. The summed E-state index contributed by atoms with van der Waals surface area (Å²) in [7, 11) is 0. The monoisotopic (exact) mass is 433 g/mol. The molecule has 8 nitrogen and oxygen atoms in total. The van der Waals surface area contributed by atoms with Gasteiger partial charge in [0.2, 0.25) is 0 Å². The van der Waals surface area contributed by atoms with Crippen LogP contribution in [0, 0.1) is 13.5 Å². The molecular formula is C24H27N5O3. The van der Waals surface area contributed by atoms with Crippen molar-refractivity contribution in [3.8, 4) is 11.1 Å². The average molecular weight is 434 g/mol. The fraction of sp³-hybridized carbons (Fsp3) is 0.333. The molecule has 0 bridgehead atoms. The first kappa shape index (κ1) is 23.0. The van der Waals surface area contributed by atoms with Crippen LogP contribution in [0.5, 0.6) is 0 Å². The number of aryl methyl sites for hydroxylation is 2. The molecule has 3 rings (SSSR count). The number of nitrogens with zero attached hydrogens (tertiary/aromatic N) is 4. The number of carbonyl (C=O) groups excluding carboxylic acids is 1. The van der Waals surface area contributed by atoms with Crippen molar-refractivity contribution in [3.05, 3.63) is 59.0 Å². The molecule has 2 aromatic heterocycles. The lowest BCUT2D eigenvalue weighted by Crippen LogP contribution is -2.24. The quantitative estimate of drug-likeness (QED) is 0.346. The molecule has 0 aliphatic carbocycles. The molecule has 0 aliphatic heterocycles. The van der Waals surface area contributed by atoms with Crippen molar-refractivity contribution in [2.45, 2.75) is 46.3 Å². The van der Waals surface area contributed by atoms with Gasteiger partial charge in [-0.2, -0.15) is 0 Å². The Morgan fingerprint density at radius 2 is 1.97 bits per heavy atom. The summed E-state index contributed by atoms with van der Waals surface area (Å²) in [5, 5.41) is 10.1. The van der Waals surface area contributed by atoms with Crippen LogP contribution in [0.1, 0.15) is 38.4 Å². The molecule has 3 aromatic rings. The van der Waals surface area contributed by atoms with Gasteiger partial charge in [0, 0.05) is 24.4 Å². The predicted molar refractivity (Wildman–Crippen MR) is 124 cm³/mol. The normalized spacial score (nSPS) is 12.1. The highest BCUT2D eigenvalue weighted by Crippen LogP contribution is 2.38. The van der Waals surface area contributed by atoms with E-state index in [-0.39, 0.29) is 12.3 Å². The maximum atomic E-state index is 12.7. The minimum atomic E-state index is -0.736. The van der Waals surface area contributed by atoms with Crippen molar-refractivity contribution in [1.29, 1.82) is 0 Å². The molecule has 0 amide bonds. The third-order valence-corrected chi connectivity index (χ3v) is 4.79. The van der Waals surface area contributed by atoms with E-state index < -0.39 is 11.6 Å². The summed E-state index contributed by atoms with van der Waals surface area (Å²) >= 11 is 0. The van der Waals surface area contributed by atoms with Crippen molar-refractivity contribution < 1.29 is 14.6 Å². The van der Waals surface area contributed by atoms with Gasteiger partial charge in [-0.1, -0.05) is 29.8 Å². The number of aliphatic hydroxyl groups excluding tert-OH is 1. The Morgan fingerprint density at radius 3 is 2.56 bits per heavy atom. The third-order valence-electron chi connectivity index (χ3n) is 4.79. The number of nitrogens with two attached hydrogens (primary N) is 1. The van der Waals surface area contributed by atoms with Crippen LogP contribution in [0.2, 0.25) is 0 Å². The molecular weight excluding hydrogens is 406 g/mol. The van der Waals surface area contributed by atoms with E-state index in [2.05, 4.69) is 14.8 Å². The summed E-state index contributed by atoms with van der Waals surface area (Å²) in [4.78, 5) is 24.7. The van der Waals surface area contributed by atoms with Crippen molar-refractivity contribution in [2.75, 3.05) is 12.3 Å². The molecule has 0 radical (unpaired) electrons. The second kappa shape index (κ2) is 9.20. The van der Waals surface area contributed by atoms with Gasteiger partial charge in [-0.05, 0) is 45.8 Å². The number of aromatic nitrogens is 3. The number of esters is 1. The summed E-state index contributed by atoms with van der Waals surface area (Å²) in [5.41, 5.74) is 9.18. The maximum absolute atomic E-state index is 12.7. The third kappa shape index (κ3) is 4.79. The van der Waals surface area contributed by atoms with Crippen LogP contribution in [0.4, 0.5) is 5.82 Å². The molecule has 32 heavy (non-hydrogen) atoms. The highest BCUT2D eigenvalue weighted by atomic mass is 16.6. The molecule has 0 aliphatic rings. The average Bonchev–Trinajstić information content (AvgIpc) is 3.04. The Balaban J connectivity index is 2.35. The Bertz CT molecular complexity index is 1210. The molecule has 166 valence electrons. The molecule has 0 saturated carbocycles. The first-order chi connectivity index (χ1) is 15.2. The fourth-order valence-corrected chi connectivity index (χ4v) is 3.43. The van der Waals surface area contributed by atoms with Crippen molar-refractivity contribution in [1.82, 2.24) is 14.5 Å². The summed E-state index contributed by atoms with van der Waals surface area (Å²) < 4.78 is 7.28. The minimum absolute atomic E-state index is 0.0228. The van der Waals surface area contributed by atoms with Gasteiger partial charge >= 0.3 is 5.97 Å². The number of nitrogen functional groups attached to an aromatic ring is 1. The molecule has 0 spiro atoms. The predicted octanol–water partition coefficient (Wildman–Crippen LogP) is 3.97. The van der Waals surface area contributed by atoms with Gasteiger partial charge in [0.1, 0.15) is 23.4 Å². The molecule has 0 atom stereocenters. The molecule has 1 aromatic carbocycles. The topological polar surface area (TPSA) is 108 Å². The second-order valence-corrected chi connectivity index (χ2v) is 8.46. The first-order valence-corrected chi connectivity index (χ1v) is 10.3. The zero-order valence-electron chi connectivity index (χ0n) is 18.7. The lowest BCUT2D eigenvalue weighted by Gasteiger charge is -2.19. The molecule has 2 heterocycles. The highest BCUT2D eigenvalue weighted by Gasteiger charge is 2.25. The van der Waals surface area contributed by atoms with Crippen molar-refractivity contribution in [3.63, 3.8) is 0 Å². The van der Waals surface area contributed by atoms with E-state index in [1.165, 1.54) is 12.4 Å². The molecule has 8 heteroatoms. The number of anilines is 1. The van der Waals surface area contributed by atoms with Crippen LogP contribution in [0.15, 0.2) is 36.3 Å². The standard InChI is InChI=1S/C24H27N5O3/c1-15-7-9-16(10-8-15)19-18(13-17(26-5)23(31)32-24(2,3)4)29(11-6-12-30)22-20(19)21(25)27-14-28-22/h7-10,13-14,30H,6,11-12H2,1-4H3,(H2,25,27,28)/b17-13-. The van der Waals surface area contributed by atoms with E-state index >= 15 is 0 Å². The van der Waals surface area contributed by atoms with Crippen LogP contribution < -0.4 is 5.73 Å². The van der Waals surface area contributed by atoms with Gasteiger partial charge in [-0.3, -0.25) is 4.79 Å². The van der Waals surface area contributed by atoms with E-state index in [1.54, 1.807) is 20.8 Å². The van der Waals surface area contributed by atoms with Crippen LogP contribution in [0.3, 0.4) is 0 Å². The van der Waals surface area contributed by atoms with Gasteiger partial charge in [0.15, 0.2) is 0 Å². The summed E-state index contributed by atoms with van der Waals surface area (Å²) in [5.74, 6) is -0.412. The summed E-state index contributed by atoms with van der Waals surface area (Å²) in [6.45, 7) is 15.2. The van der Waals surface area contributed by atoms with Gasteiger partial charge in [-0.25, -0.2) is 14.8 Å². The Labute approximate surface area is 187 Å². The number of fused-ring (bicyclic) bond motifs is 1. The number of benzene rings is 1. The van der Waals surface area contributed by atoms with E-state index in [9.17, 15) is 9.90 Å². The van der Waals surface area contributed by atoms with E-state index in [1.807, 2.05) is 35.8 Å². The summed E-state index contributed by atoms with van der Waals surface area (Å²) in [6, 6.07) is 7.86. The number of hydrogen-bond donors (Lipinski definition) is 2. The molecule has 0 fully saturated rings. The number of aliphatic hydroxyl groups is 1. The van der Waals surface area contributed by atoms with Crippen molar-refractivity contribution >= 4 is 28.9 Å². The zero-order valence-corrected chi connectivity index (χ0v) is 18.7. The highest BCUT2D eigenvalue weighted by molar-refractivity contribution is 6.06. The van der Waals surface area contributed by atoms with Crippen LogP contribution in [-0.4, -0.2) is 37.8 Å². The van der Waals surface area contributed by atoms with E-state index in [0.29, 0.717) is 35.5 Å². The maximum Gasteiger partial charge on any atom is 0.336 e. The molecule has 0 unspecified atom stereocenters. The summed E-state index contributed by atoms with van der Waals surface area (Å²) in [6.07, 6.45) is 3.35. The largest absolute Gasteiger partial charge is 0.465 e. The van der Waals surface area contributed by atoms with Gasteiger partial charge < -0.3 is 20.1 Å². The van der Waals surface area contributed by atoms with E-state index in [4.69, 9.17) is 17.0 Å². The number of carbonyl (C=O) groups is 1. The zero-order chi connectivity index (χ0) is 23.5. The Hall–Kier alpha value is -3.70. The number of ether oxygens (including phenoxy) is 1. The van der Waals surface area contributed by atoms with E-state index in [0.717, 1.165) is 16.7 Å². The van der Waals surface area contributed by atoms with Crippen LogP contribution in [-0.2, 0) is 16.1 Å². The second-order valence-electron chi connectivity index (χ2n) is 8.46. The fourth-order valence-electron chi connectivity index (χ4n) is 3.43.